The maximum absolute atomic E-state index is 12.0. The van der Waals surface area contributed by atoms with Gasteiger partial charge >= 0.3 is 0 Å². The lowest BCUT2D eigenvalue weighted by molar-refractivity contribution is -0.135. The number of nitrogens with zero attached hydrogens (tertiary/aromatic N) is 1. The van der Waals surface area contributed by atoms with Gasteiger partial charge in [-0.3, -0.25) is 4.79 Å². The van der Waals surface area contributed by atoms with Gasteiger partial charge in [-0.05, 0) is 102 Å². The van der Waals surface area contributed by atoms with E-state index in [9.17, 15) is 4.79 Å². The van der Waals surface area contributed by atoms with Crippen molar-refractivity contribution in [3.8, 4) is 0 Å². The molecule has 0 unspecified atom stereocenters. The SMILES string of the molecule is CCCCC[C@@](C)(/C=C/C1=C(C/C=C\CCCC(=O)O[Si](C)(C)C)C(=NOCCCC)CC1)O[Si](C)(C)C. The van der Waals surface area contributed by atoms with E-state index in [0.29, 0.717) is 13.0 Å². The first-order valence-corrected chi connectivity index (χ1v) is 21.8. The Morgan fingerprint density at radius 2 is 1.66 bits per heavy atom. The van der Waals surface area contributed by atoms with Crippen LogP contribution in [0.5, 0.6) is 0 Å². The molecule has 1 aliphatic rings. The van der Waals surface area contributed by atoms with E-state index in [2.05, 4.69) is 69.9 Å². The summed E-state index contributed by atoms with van der Waals surface area (Å²) < 4.78 is 12.2. The molecule has 0 heterocycles. The Balaban J connectivity index is 2.97. The molecular weight excluding hydrogens is 507 g/mol. The molecule has 1 atom stereocenters. The van der Waals surface area contributed by atoms with E-state index in [1.807, 2.05) is 19.6 Å². The molecule has 5 nitrogen and oxygen atoms in total. The third kappa shape index (κ3) is 15.8. The van der Waals surface area contributed by atoms with Gasteiger partial charge in [0.1, 0.15) is 6.61 Å². The van der Waals surface area contributed by atoms with Crippen molar-refractivity contribution in [2.24, 2.45) is 5.16 Å². The minimum Gasteiger partial charge on any atom is -0.520 e. The monoisotopic (exact) mass is 563 g/mol. The molecule has 1 aliphatic carbocycles. The fourth-order valence-corrected chi connectivity index (χ4v) is 6.91. The zero-order chi connectivity index (χ0) is 28.7. The molecule has 0 spiro atoms. The maximum Gasteiger partial charge on any atom is 0.292 e. The number of hydrogen-bond acceptors (Lipinski definition) is 5. The molecule has 0 aromatic rings. The first-order valence-electron chi connectivity index (χ1n) is 15.0. The van der Waals surface area contributed by atoms with Crippen molar-refractivity contribution in [1.82, 2.24) is 0 Å². The smallest absolute Gasteiger partial charge is 0.292 e. The summed E-state index contributed by atoms with van der Waals surface area (Å²) in [6.45, 7) is 20.3. The van der Waals surface area contributed by atoms with E-state index < -0.39 is 16.6 Å². The molecule has 218 valence electrons. The zero-order valence-electron chi connectivity index (χ0n) is 26.1. The van der Waals surface area contributed by atoms with Crippen molar-refractivity contribution in [3.05, 3.63) is 35.5 Å². The van der Waals surface area contributed by atoms with Gasteiger partial charge in [0.2, 0.25) is 8.32 Å². The van der Waals surface area contributed by atoms with Crippen LogP contribution in [0.15, 0.2) is 40.6 Å². The van der Waals surface area contributed by atoms with Gasteiger partial charge in [-0.15, -0.1) is 0 Å². The molecule has 0 saturated heterocycles. The van der Waals surface area contributed by atoms with Crippen molar-refractivity contribution in [1.29, 1.82) is 0 Å². The van der Waals surface area contributed by atoms with Gasteiger partial charge in [-0.2, -0.15) is 0 Å². The van der Waals surface area contributed by atoms with Crippen molar-refractivity contribution in [3.63, 3.8) is 0 Å². The minimum atomic E-state index is -1.80. The summed E-state index contributed by atoms with van der Waals surface area (Å²) in [6, 6.07) is 0. The lowest BCUT2D eigenvalue weighted by Crippen LogP contribution is -2.39. The van der Waals surface area contributed by atoms with Crippen molar-refractivity contribution in [2.45, 2.75) is 143 Å². The van der Waals surface area contributed by atoms with Crippen LogP contribution >= 0.6 is 0 Å². The van der Waals surface area contributed by atoms with E-state index in [1.54, 1.807) is 0 Å². The van der Waals surface area contributed by atoms with Crippen molar-refractivity contribution in [2.75, 3.05) is 6.61 Å². The standard InChI is InChI=1S/C31H57NO4Si2/c1-10-12-18-24-31(3,36-38(7,8)9)25-23-27-21-22-29(32-34-26-13-11-2)28(27)19-16-14-15-17-20-30(33)35-37(4,5)6/h14,16,23,25H,10-13,15,17-22,24,26H2,1-9H3/b16-14-,25-23+,32-29?/t31-/m0/s1. The molecule has 0 aromatic carbocycles. The Morgan fingerprint density at radius 3 is 2.29 bits per heavy atom. The van der Waals surface area contributed by atoms with E-state index >= 15 is 0 Å². The molecule has 1 rings (SSSR count). The maximum atomic E-state index is 12.0. The highest BCUT2D eigenvalue weighted by molar-refractivity contribution is 6.71. The number of carbonyl (C=O) groups excluding carboxylic acids is 1. The zero-order valence-corrected chi connectivity index (χ0v) is 28.1. The van der Waals surface area contributed by atoms with E-state index in [1.165, 1.54) is 30.4 Å². The summed E-state index contributed by atoms with van der Waals surface area (Å²) in [5.74, 6) is -0.0651. The highest BCUT2D eigenvalue weighted by atomic mass is 28.4. The molecule has 7 heteroatoms. The van der Waals surface area contributed by atoms with Crippen LogP contribution < -0.4 is 0 Å². The first kappa shape index (κ1) is 34.6. The Kier molecular flexibility index (Phi) is 15.7. The number of unbranched alkanes of at least 4 members (excludes halogenated alkanes) is 4. The Labute approximate surface area is 236 Å². The predicted octanol–water partition coefficient (Wildman–Crippen LogP) is 9.49. The van der Waals surface area contributed by atoms with Gasteiger partial charge in [-0.25, -0.2) is 0 Å². The second kappa shape index (κ2) is 17.3. The van der Waals surface area contributed by atoms with Crippen LogP contribution in [-0.4, -0.2) is 40.5 Å². The number of oxime groups is 1. The third-order valence-electron chi connectivity index (χ3n) is 6.24. The quantitative estimate of drug-likeness (QED) is 0.0679. The van der Waals surface area contributed by atoms with E-state index in [4.69, 9.17) is 13.7 Å². The van der Waals surface area contributed by atoms with Crippen molar-refractivity contribution >= 4 is 28.3 Å². The van der Waals surface area contributed by atoms with E-state index in [0.717, 1.165) is 57.1 Å². The minimum absolute atomic E-state index is 0.0651. The van der Waals surface area contributed by atoms with Crippen LogP contribution in [0, 0.1) is 0 Å². The second-order valence-corrected chi connectivity index (χ2v) is 21.6. The van der Waals surface area contributed by atoms with Crippen LogP contribution in [0.1, 0.15) is 97.8 Å². The molecule has 0 N–H and O–H groups in total. The molecular formula is C31H57NO4Si2. The van der Waals surface area contributed by atoms with Crippen molar-refractivity contribution < 1.29 is 18.5 Å². The fraction of sp³-hybridized carbons (Fsp3) is 0.742. The second-order valence-electron chi connectivity index (χ2n) is 12.7. The van der Waals surface area contributed by atoms with Gasteiger partial charge in [0.05, 0.1) is 11.3 Å². The summed E-state index contributed by atoms with van der Waals surface area (Å²) in [5, 5.41) is 4.54. The van der Waals surface area contributed by atoms with Gasteiger partial charge in [0, 0.05) is 6.42 Å². The fourth-order valence-electron chi connectivity index (χ4n) is 4.55. The summed E-state index contributed by atoms with van der Waals surface area (Å²) in [5.41, 5.74) is 3.45. The average molecular weight is 564 g/mol. The Bertz CT molecular complexity index is 834. The highest BCUT2D eigenvalue weighted by Crippen LogP contribution is 2.31. The average Bonchev–Trinajstić information content (AvgIpc) is 3.17. The molecule has 0 saturated carbocycles. The lowest BCUT2D eigenvalue weighted by atomic mass is 9.96. The molecule has 0 fully saturated rings. The van der Waals surface area contributed by atoms with Crippen LogP contribution in [-0.2, 0) is 18.5 Å². The van der Waals surface area contributed by atoms with Crippen LogP contribution in [0.25, 0.3) is 0 Å². The summed E-state index contributed by atoms with van der Waals surface area (Å²) in [7, 11) is -3.50. The summed E-state index contributed by atoms with van der Waals surface area (Å²) >= 11 is 0. The molecule has 0 aliphatic heterocycles. The third-order valence-corrected chi connectivity index (χ3v) is 8.16. The van der Waals surface area contributed by atoms with Gasteiger partial charge < -0.3 is 13.7 Å². The summed E-state index contributed by atoms with van der Waals surface area (Å²) in [6.07, 6.45) is 20.7. The highest BCUT2D eigenvalue weighted by Gasteiger charge is 2.29. The molecule has 0 bridgehead atoms. The lowest BCUT2D eigenvalue weighted by Gasteiger charge is -2.34. The number of rotatable bonds is 19. The topological polar surface area (TPSA) is 57.1 Å². The first-order chi connectivity index (χ1) is 17.8. The van der Waals surface area contributed by atoms with Crippen LogP contribution in [0.4, 0.5) is 0 Å². The molecule has 38 heavy (non-hydrogen) atoms. The number of carbonyl (C=O) groups is 1. The normalized spacial score (nSPS) is 17.7. The number of hydrogen-bond donors (Lipinski definition) is 0. The molecule has 0 amide bonds. The largest absolute Gasteiger partial charge is 0.520 e. The van der Waals surface area contributed by atoms with Crippen LogP contribution in [0.2, 0.25) is 39.3 Å². The summed E-state index contributed by atoms with van der Waals surface area (Å²) in [4.78, 5) is 17.7. The van der Waals surface area contributed by atoms with Gasteiger partial charge in [-0.1, -0.05) is 69.0 Å². The van der Waals surface area contributed by atoms with Crippen LogP contribution in [0.3, 0.4) is 0 Å². The van der Waals surface area contributed by atoms with Gasteiger partial charge in [0.25, 0.3) is 5.97 Å². The molecule has 0 radical (unpaired) electrons. The van der Waals surface area contributed by atoms with Gasteiger partial charge in [0.15, 0.2) is 8.32 Å². The Hall–Kier alpha value is -1.45. The molecule has 0 aromatic heterocycles. The number of allylic oxidation sites excluding steroid dienone is 5. The van der Waals surface area contributed by atoms with E-state index in [-0.39, 0.29) is 11.6 Å². The Morgan fingerprint density at radius 1 is 0.947 bits per heavy atom. The predicted molar refractivity (Wildman–Crippen MR) is 168 cm³/mol.